The van der Waals surface area contributed by atoms with E-state index in [1.54, 1.807) is 11.1 Å². The molecule has 1 unspecified atom stereocenters. The van der Waals surface area contributed by atoms with Gasteiger partial charge in [0.25, 0.3) is 0 Å². The summed E-state index contributed by atoms with van der Waals surface area (Å²) in [6.07, 6.45) is 12.2. The van der Waals surface area contributed by atoms with E-state index in [9.17, 15) is 4.79 Å². The molecule has 0 aromatic heterocycles. The van der Waals surface area contributed by atoms with Crippen molar-refractivity contribution >= 4 is 11.4 Å². The number of rotatable bonds is 2. The van der Waals surface area contributed by atoms with Crippen molar-refractivity contribution in [3.05, 3.63) is 64.8 Å². The zero-order valence-corrected chi connectivity index (χ0v) is 17.4. The van der Waals surface area contributed by atoms with Gasteiger partial charge in [-0.1, -0.05) is 55.3 Å². The SMILES string of the molecule is C=C(C)c1ccc(C2CC3=C4CC[C@]5(C)CCC[C@H]5[C@@H]4CCC3=CC2=O)cc1. The Bertz CT molecular complexity index is 897. The predicted octanol–water partition coefficient (Wildman–Crippen LogP) is 7.01. The standard InChI is InChI=1S/C27H32O/c1-17(2)18-6-8-19(9-7-18)24-16-23-20(15-26(24)28)10-11-22-21(23)12-14-27(3)13-4-5-25(22)27/h6-9,15,22,24-25H,1,4-5,10-14,16H2,2-3H3/t22-,24?,25+,27+/m1/s1. The summed E-state index contributed by atoms with van der Waals surface area (Å²) in [6, 6.07) is 8.53. The molecule has 0 amide bonds. The fourth-order valence-corrected chi connectivity index (χ4v) is 6.80. The molecule has 4 aliphatic carbocycles. The minimum atomic E-state index is 0.000981. The molecule has 0 radical (unpaired) electrons. The molecule has 5 rings (SSSR count). The van der Waals surface area contributed by atoms with Crippen LogP contribution in [0.4, 0.5) is 0 Å². The summed E-state index contributed by atoms with van der Waals surface area (Å²) in [5.41, 5.74) is 8.66. The number of allylic oxidation sites excluding steroid dienone is 5. The van der Waals surface area contributed by atoms with E-state index in [0.717, 1.165) is 35.8 Å². The second-order valence-electron chi connectivity index (χ2n) is 10.0. The van der Waals surface area contributed by atoms with E-state index >= 15 is 0 Å². The monoisotopic (exact) mass is 372 g/mol. The number of benzene rings is 1. The maximum absolute atomic E-state index is 12.9. The Balaban J connectivity index is 1.49. The molecular formula is C27H32O. The first kappa shape index (κ1) is 18.2. The molecule has 1 aromatic rings. The Morgan fingerprint density at radius 3 is 2.64 bits per heavy atom. The van der Waals surface area contributed by atoms with Crippen LogP contribution >= 0.6 is 0 Å². The Hall–Kier alpha value is -1.89. The Morgan fingerprint density at radius 2 is 1.89 bits per heavy atom. The summed E-state index contributed by atoms with van der Waals surface area (Å²) >= 11 is 0. The maximum atomic E-state index is 12.9. The Morgan fingerprint density at radius 1 is 1.11 bits per heavy atom. The first-order chi connectivity index (χ1) is 13.5. The van der Waals surface area contributed by atoms with Crippen molar-refractivity contribution < 1.29 is 4.79 Å². The number of hydrogen-bond acceptors (Lipinski definition) is 1. The van der Waals surface area contributed by atoms with Gasteiger partial charge in [0.1, 0.15) is 0 Å². The molecule has 0 saturated heterocycles. The van der Waals surface area contributed by atoms with Crippen molar-refractivity contribution in [2.45, 2.75) is 71.1 Å². The van der Waals surface area contributed by atoms with Crippen LogP contribution in [0.25, 0.3) is 5.57 Å². The third-order valence-electron chi connectivity index (χ3n) is 8.43. The number of fused-ring (bicyclic) bond motifs is 4. The highest BCUT2D eigenvalue weighted by atomic mass is 16.1. The van der Waals surface area contributed by atoms with Crippen molar-refractivity contribution in [3.8, 4) is 0 Å². The number of hydrogen-bond donors (Lipinski definition) is 0. The van der Waals surface area contributed by atoms with Crippen LogP contribution in [-0.4, -0.2) is 5.78 Å². The molecule has 4 atom stereocenters. The Kier molecular flexibility index (Phi) is 4.27. The lowest BCUT2D eigenvalue weighted by Gasteiger charge is -2.47. The van der Waals surface area contributed by atoms with Gasteiger partial charge in [0.15, 0.2) is 5.78 Å². The van der Waals surface area contributed by atoms with Gasteiger partial charge >= 0.3 is 0 Å². The number of ketones is 1. The predicted molar refractivity (Wildman–Crippen MR) is 116 cm³/mol. The van der Waals surface area contributed by atoms with E-state index in [0.29, 0.717) is 11.2 Å². The van der Waals surface area contributed by atoms with Gasteiger partial charge in [-0.05, 0) is 97.5 Å². The van der Waals surface area contributed by atoms with Crippen molar-refractivity contribution in [2.75, 3.05) is 0 Å². The molecule has 0 N–H and O–H groups in total. The molecule has 1 aromatic carbocycles. The van der Waals surface area contributed by atoms with Gasteiger partial charge in [-0.3, -0.25) is 4.79 Å². The molecule has 0 bridgehead atoms. The highest BCUT2D eigenvalue weighted by Crippen LogP contribution is 2.60. The summed E-state index contributed by atoms with van der Waals surface area (Å²) in [6.45, 7) is 8.61. The lowest BCUT2D eigenvalue weighted by Crippen LogP contribution is -2.37. The maximum Gasteiger partial charge on any atom is 0.163 e. The Labute approximate surface area is 169 Å². The zero-order valence-electron chi connectivity index (χ0n) is 17.4. The van der Waals surface area contributed by atoms with Crippen LogP contribution in [0.5, 0.6) is 0 Å². The van der Waals surface area contributed by atoms with E-state index < -0.39 is 0 Å². The fourth-order valence-electron chi connectivity index (χ4n) is 6.80. The highest BCUT2D eigenvalue weighted by Gasteiger charge is 2.49. The average molecular weight is 373 g/mol. The summed E-state index contributed by atoms with van der Waals surface area (Å²) in [5, 5.41) is 0. The quantitative estimate of drug-likeness (QED) is 0.546. The normalized spacial score (nSPS) is 34.4. The molecule has 0 heterocycles. The first-order valence-electron chi connectivity index (χ1n) is 11.2. The number of carbonyl (C=O) groups excluding carboxylic acids is 1. The van der Waals surface area contributed by atoms with Gasteiger partial charge in [0, 0.05) is 0 Å². The van der Waals surface area contributed by atoms with Gasteiger partial charge in [-0.25, -0.2) is 0 Å². The summed E-state index contributed by atoms with van der Waals surface area (Å²) in [7, 11) is 0. The zero-order chi connectivity index (χ0) is 19.5. The molecule has 0 spiro atoms. The van der Waals surface area contributed by atoms with Gasteiger partial charge < -0.3 is 0 Å². The summed E-state index contributed by atoms with van der Waals surface area (Å²) in [5.74, 6) is 1.98. The minimum absolute atomic E-state index is 0.000981. The third-order valence-corrected chi connectivity index (χ3v) is 8.43. The average Bonchev–Trinajstić information content (AvgIpc) is 3.09. The van der Waals surface area contributed by atoms with Gasteiger partial charge in [-0.2, -0.15) is 0 Å². The molecule has 146 valence electrons. The van der Waals surface area contributed by atoms with E-state index in [4.69, 9.17) is 0 Å². The summed E-state index contributed by atoms with van der Waals surface area (Å²) in [4.78, 5) is 12.9. The lowest BCUT2D eigenvalue weighted by molar-refractivity contribution is -0.116. The van der Waals surface area contributed by atoms with E-state index in [2.05, 4.69) is 37.8 Å². The summed E-state index contributed by atoms with van der Waals surface area (Å²) < 4.78 is 0. The van der Waals surface area contributed by atoms with Crippen molar-refractivity contribution in [1.82, 2.24) is 0 Å². The van der Waals surface area contributed by atoms with Crippen molar-refractivity contribution in [3.63, 3.8) is 0 Å². The highest BCUT2D eigenvalue weighted by molar-refractivity contribution is 5.98. The van der Waals surface area contributed by atoms with Crippen LogP contribution in [0.1, 0.15) is 82.3 Å². The first-order valence-corrected chi connectivity index (χ1v) is 11.2. The van der Waals surface area contributed by atoms with Crippen LogP contribution in [0, 0.1) is 17.3 Å². The van der Waals surface area contributed by atoms with E-state index in [1.165, 1.54) is 49.7 Å². The molecule has 1 heteroatoms. The smallest absolute Gasteiger partial charge is 0.163 e. The third kappa shape index (κ3) is 2.78. The van der Waals surface area contributed by atoms with Gasteiger partial charge in [0.2, 0.25) is 0 Å². The lowest BCUT2D eigenvalue weighted by atomic mass is 9.57. The molecule has 2 fully saturated rings. The van der Waals surface area contributed by atoms with Gasteiger partial charge in [0.05, 0.1) is 5.92 Å². The second-order valence-corrected chi connectivity index (χ2v) is 10.0. The van der Waals surface area contributed by atoms with E-state index in [-0.39, 0.29) is 5.92 Å². The van der Waals surface area contributed by atoms with Crippen molar-refractivity contribution in [2.24, 2.45) is 17.3 Å². The molecular weight excluding hydrogens is 340 g/mol. The van der Waals surface area contributed by atoms with Crippen LogP contribution in [-0.2, 0) is 4.79 Å². The topological polar surface area (TPSA) is 17.1 Å². The molecule has 28 heavy (non-hydrogen) atoms. The van der Waals surface area contributed by atoms with Crippen molar-refractivity contribution in [1.29, 1.82) is 0 Å². The molecule has 0 aliphatic heterocycles. The van der Waals surface area contributed by atoms with E-state index in [1.807, 2.05) is 13.0 Å². The van der Waals surface area contributed by atoms with Gasteiger partial charge in [-0.15, -0.1) is 0 Å². The largest absolute Gasteiger partial charge is 0.294 e. The minimum Gasteiger partial charge on any atom is -0.294 e. The van der Waals surface area contributed by atoms with Crippen LogP contribution in [0.15, 0.2) is 53.6 Å². The van der Waals surface area contributed by atoms with Crippen LogP contribution in [0.2, 0.25) is 0 Å². The van der Waals surface area contributed by atoms with Crippen LogP contribution < -0.4 is 0 Å². The second kappa shape index (κ2) is 6.58. The fraction of sp³-hybridized carbons (Fsp3) is 0.519. The molecule has 1 nitrogen and oxygen atoms in total. The molecule has 4 aliphatic rings. The van der Waals surface area contributed by atoms with Crippen LogP contribution in [0.3, 0.4) is 0 Å². The number of carbonyl (C=O) groups is 1. The molecule has 2 saturated carbocycles.